The second kappa shape index (κ2) is 5.92. The highest BCUT2D eigenvalue weighted by Gasteiger charge is 2.18. The van der Waals surface area contributed by atoms with Crippen molar-refractivity contribution in [3.05, 3.63) is 46.8 Å². The zero-order chi connectivity index (χ0) is 14.7. The smallest absolute Gasteiger partial charge is 0.175 e. The van der Waals surface area contributed by atoms with Gasteiger partial charge < -0.3 is 9.42 Å². The number of hydrogen-bond acceptors (Lipinski definition) is 4. The first-order valence-electron chi connectivity index (χ1n) is 6.09. The number of halogens is 1. The molecular weight excluding hydrogens is 276 g/mol. The van der Waals surface area contributed by atoms with Crippen LogP contribution in [-0.4, -0.2) is 30.4 Å². The molecule has 0 spiro atoms. The average molecular weight is 291 g/mol. The second-order valence-corrected chi connectivity index (χ2v) is 5.04. The molecule has 0 aliphatic heterocycles. The fourth-order valence-corrected chi connectivity index (χ4v) is 2.16. The quantitative estimate of drug-likeness (QED) is 0.639. The molecule has 0 unspecified atom stereocenters. The number of rotatable bonds is 4. The normalized spacial score (nSPS) is 11.5. The number of carbonyl (C=O) groups excluding carboxylic acids is 1. The maximum absolute atomic E-state index is 11.2. The summed E-state index contributed by atoms with van der Waals surface area (Å²) in [5, 5.41) is 4.64. The second-order valence-electron chi connectivity index (χ2n) is 4.63. The maximum atomic E-state index is 11.2. The van der Waals surface area contributed by atoms with Gasteiger partial charge in [-0.2, -0.15) is 0 Å². The van der Waals surface area contributed by atoms with E-state index < -0.39 is 0 Å². The molecule has 2 aromatic rings. The number of allylic oxidation sites excluding steroid dienone is 1. The van der Waals surface area contributed by atoms with Gasteiger partial charge in [-0.1, -0.05) is 35.0 Å². The van der Waals surface area contributed by atoms with Gasteiger partial charge in [0.1, 0.15) is 5.69 Å². The molecule has 0 aliphatic carbocycles. The predicted molar refractivity (Wildman–Crippen MR) is 79.4 cm³/mol. The highest BCUT2D eigenvalue weighted by molar-refractivity contribution is 6.33. The Morgan fingerprint density at radius 3 is 2.65 bits per heavy atom. The van der Waals surface area contributed by atoms with Crippen LogP contribution in [0.1, 0.15) is 11.3 Å². The number of aromatic nitrogens is 1. The Morgan fingerprint density at radius 1 is 1.35 bits per heavy atom. The first-order chi connectivity index (χ1) is 9.54. The van der Waals surface area contributed by atoms with Crippen LogP contribution >= 0.6 is 11.6 Å². The maximum Gasteiger partial charge on any atom is 0.175 e. The van der Waals surface area contributed by atoms with E-state index in [1.54, 1.807) is 17.2 Å². The van der Waals surface area contributed by atoms with Gasteiger partial charge in [-0.05, 0) is 13.0 Å². The molecule has 0 fully saturated rings. The van der Waals surface area contributed by atoms with Crippen molar-refractivity contribution in [2.45, 2.75) is 6.92 Å². The summed E-state index contributed by atoms with van der Waals surface area (Å²) in [5.74, 6) is 0.462. The standard InChI is InChI=1S/C15H15ClN2O2/c1-10-14(12-6-4-5-7-13(12)16)17-20-15(10)11(9-19)8-18(2)3/h4-9H,1-3H3/b11-8+. The Bertz CT molecular complexity index is 660. The molecule has 0 aliphatic rings. The van der Waals surface area contributed by atoms with Gasteiger partial charge in [0, 0.05) is 31.4 Å². The predicted octanol–water partition coefficient (Wildman–Crippen LogP) is 3.40. The fraction of sp³-hybridized carbons (Fsp3) is 0.200. The molecule has 0 saturated carbocycles. The van der Waals surface area contributed by atoms with Crippen LogP contribution in [0.4, 0.5) is 0 Å². The molecule has 1 heterocycles. The van der Waals surface area contributed by atoms with Crippen LogP contribution in [0.25, 0.3) is 16.8 Å². The lowest BCUT2D eigenvalue weighted by atomic mass is 10.0. The summed E-state index contributed by atoms with van der Waals surface area (Å²) in [6, 6.07) is 7.39. The zero-order valence-corrected chi connectivity index (χ0v) is 12.3. The molecule has 2 rings (SSSR count). The first-order valence-corrected chi connectivity index (χ1v) is 6.47. The zero-order valence-electron chi connectivity index (χ0n) is 11.6. The van der Waals surface area contributed by atoms with Crippen LogP contribution in [0.15, 0.2) is 35.0 Å². The van der Waals surface area contributed by atoms with Gasteiger partial charge in [0.15, 0.2) is 12.0 Å². The lowest BCUT2D eigenvalue weighted by Gasteiger charge is -2.05. The van der Waals surface area contributed by atoms with E-state index in [9.17, 15) is 4.79 Å². The van der Waals surface area contributed by atoms with Crippen LogP contribution in [0.5, 0.6) is 0 Å². The third-order valence-corrected chi connectivity index (χ3v) is 3.17. The summed E-state index contributed by atoms with van der Waals surface area (Å²) < 4.78 is 5.32. The molecule has 104 valence electrons. The molecule has 20 heavy (non-hydrogen) atoms. The lowest BCUT2D eigenvalue weighted by Crippen LogP contribution is -2.03. The van der Waals surface area contributed by atoms with Crippen LogP contribution in [0.2, 0.25) is 5.02 Å². The summed E-state index contributed by atoms with van der Waals surface area (Å²) in [4.78, 5) is 13.0. The van der Waals surface area contributed by atoms with E-state index in [0.29, 0.717) is 22.0 Å². The summed E-state index contributed by atoms with van der Waals surface area (Å²) in [7, 11) is 3.67. The molecule has 4 nitrogen and oxygen atoms in total. The van der Waals surface area contributed by atoms with Crippen molar-refractivity contribution in [2.75, 3.05) is 14.1 Å². The van der Waals surface area contributed by atoms with Crippen molar-refractivity contribution in [3.63, 3.8) is 0 Å². The van der Waals surface area contributed by atoms with Crippen molar-refractivity contribution in [1.82, 2.24) is 10.1 Å². The van der Waals surface area contributed by atoms with Gasteiger partial charge in [0.05, 0.1) is 10.6 Å². The molecule has 1 aromatic heterocycles. The van der Waals surface area contributed by atoms with Crippen LogP contribution in [0, 0.1) is 6.92 Å². The third-order valence-electron chi connectivity index (χ3n) is 2.84. The van der Waals surface area contributed by atoms with Gasteiger partial charge in [0.25, 0.3) is 0 Å². The van der Waals surface area contributed by atoms with E-state index in [1.165, 1.54) is 0 Å². The number of aldehydes is 1. The summed E-state index contributed by atoms with van der Waals surface area (Å²) in [5.41, 5.74) is 2.67. The van der Waals surface area contributed by atoms with Gasteiger partial charge in [-0.3, -0.25) is 4.79 Å². The minimum absolute atomic E-state index is 0.443. The molecular formula is C15H15ClN2O2. The monoisotopic (exact) mass is 290 g/mol. The Balaban J connectivity index is 2.52. The van der Waals surface area contributed by atoms with E-state index in [2.05, 4.69) is 5.16 Å². The molecule has 0 N–H and O–H groups in total. The fourth-order valence-electron chi connectivity index (χ4n) is 1.93. The van der Waals surface area contributed by atoms with E-state index in [-0.39, 0.29) is 0 Å². The molecule has 5 heteroatoms. The Morgan fingerprint density at radius 2 is 2.05 bits per heavy atom. The number of carbonyl (C=O) groups is 1. The highest BCUT2D eigenvalue weighted by Crippen LogP contribution is 2.32. The molecule has 0 bridgehead atoms. The molecule has 0 saturated heterocycles. The van der Waals surface area contributed by atoms with Crippen molar-refractivity contribution < 1.29 is 9.32 Å². The van der Waals surface area contributed by atoms with E-state index in [4.69, 9.17) is 16.1 Å². The summed E-state index contributed by atoms with van der Waals surface area (Å²) in [6.07, 6.45) is 2.45. The minimum Gasteiger partial charge on any atom is -0.383 e. The van der Waals surface area contributed by atoms with E-state index in [1.807, 2.05) is 39.2 Å². The molecule has 0 radical (unpaired) electrons. The van der Waals surface area contributed by atoms with Gasteiger partial charge in [-0.15, -0.1) is 0 Å². The molecule has 0 amide bonds. The summed E-state index contributed by atoms with van der Waals surface area (Å²) >= 11 is 6.16. The first kappa shape index (κ1) is 14.3. The van der Waals surface area contributed by atoms with Crippen molar-refractivity contribution in [3.8, 4) is 11.3 Å². The Kier molecular flexibility index (Phi) is 4.25. The van der Waals surface area contributed by atoms with Crippen LogP contribution in [-0.2, 0) is 4.79 Å². The average Bonchev–Trinajstić information content (AvgIpc) is 2.78. The van der Waals surface area contributed by atoms with Crippen molar-refractivity contribution in [2.24, 2.45) is 0 Å². The van der Waals surface area contributed by atoms with Gasteiger partial charge in [-0.25, -0.2) is 0 Å². The van der Waals surface area contributed by atoms with Crippen molar-refractivity contribution >= 4 is 23.5 Å². The van der Waals surface area contributed by atoms with E-state index in [0.717, 1.165) is 17.4 Å². The molecule has 1 aromatic carbocycles. The van der Waals surface area contributed by atoms with Crippen LogP contribution in [0.3, 0.4) is 0 Å². The third kappa shape index (κ3) is 2.75. The number of benzene rings is 1. The minimum atomic E-state index is 0.443. The summed E-state index contributed by atoms with van der Waals surface area (Å²) in [6.45, 7) is 1.86. The topological polar surface area (TPSA) is 46.3 Å². The van der Waals surface area contributed by atoms with Gasteiger partial charge in [0.2, 0.25) is 0 Å². The van der Waals surface area contributed by atoms with Gasteiger partial charge >= 0.3 is 0 Å². The SMILES string of the molecule is Cc1c(-c2ccccc2Cl)noc1/C(C=O)=C/N(C)C. The molecule has 0 atom stereocenters. The van der Waals surface area contributed by atoms with Crippen molar-refractivity contribution in [1.29, 1.82) is 0 Å². The largest absolute Gasteiger partial charge is 0.383 e. The number of nitrogens with zero attached hydrogens (tertiary/aromatic N) is 2. The van der Waals surface area contributed by atoms with Crippen LogP contribution < -0.4 is 0 Å². The van der Waals surface area contributed by atoms with E-state index >= 15 is 0 Å². The Labute approximate surface area is 122 Å². The highest BCUT2D eigenvalue weighted by atomic mass is 35.5. The Hall–Kier alpha value is -2.07. The number of hydrogen-bond donors (Lipinski definition) is 0. The lowest BCUT2D eigenvalue weighted by molar-refractivity contribution is -0.103.